The minimum Gasteiger partial charge on any atom is -0.492 e. The first-order chi connectivity index (χ1) is 7.54. The van der Waals surface area contributed by atoms with E-state index in [1.54, 1.807) is 0 Å². The highest BCUT2D eigenvalue weighted by Gasteiger charge is 2.10. The van der Waals surface area contributed by atoms with Crippen LogP contribution in [0.2, 0.25) is 0 Å². The van der Waals surface area contributed by atoms with Gasteiger partial charge >= 0.3 is 0 Å². The van der Waals surface area contributed by atoms with E-state index in [9.17, 15) is 0 Å². The summed E-state index contributed by atoms with van der Waals surface area (Å²) in [6, 6.07) is 6.48. The van der Waals surface area contributed by atoms with Gasteiger partial charge in [0, 0.05) is 6.54 Å². The smallest absolute Gasteiger partial charge is 0.122 e. The van der Waals surface area contributed by atoms with Crippen LogP contribution in [0.3, 0.4) is 0 Å². The SMILES string of the molecule is Cc1ccc(OCC(CN)N(C)C)c(C)c1. The first-order valence-corrected chi connectivity index (χ1v) is 5.61. The zero-order valence-corrected chi connectivity index (χ0v) is 10.7. The predicted octanol–water partition coefficient (Wildman–Crippen LogP) is 1.57. The van der Waals surface area contributed by atoms with Crippen molar-refractivity contribution < 1.29 is 4.74 Å². The van der Waals surface area contributed by atoms with Crippen LogP contribution in [0.15, 0.2) is 18.2 Å². The first-order valence-electron chi connectivity index (χ1n) is 5.61. The predicted molar refractivity (Wildman–Crippen MR) is 67.9 cm³/mol. The number of aryl methyl sites for hydroxylation is 2. The molecule has 3 heteroatoms. The highest BCUT2D eigenvalue weighted by Crippen LogP contribution is 2.18. The van der Waals surface area contributed by atoms with Crippen LogP contribution in [0.1, 0.15) is 11.1 Å². The van der Waals surface area contributed by atoms with Gasteiger partial charge in [0.05, 0.1) is 6.04 Å². The maximum Gasteiger partial charge on any atom is 0.122 e. The first kappa shape index (κ1) is 13.0. The Bertz CT molecular complexity index is 337. The molecule has 0 radical (unpaired) electrons. The fourth-order valence-corrected chi connectivity index (χ4v) is 1.58. The summed E-state index contributed by atoms with van der Waals surface area (Å²) >= 11 is 0. The Morgan fingerprint density at radius 2 is 2.00 bits per heavy atom. The van der Waals surface area contributed by atoms with E-state index in [0.29, 0.717) is 13.2 Å². The third-order valence-corrected chi connectivity index (χ3v) is 2.76. The van der Waals surface area contributed by atoms with Gasteiger partial charge in [-0.15, -0.1) is 0 Å². The molecule has 0 amide bonds. The number of nitrogens with zero attached hydrogens (tertiary/aromatic N) is 1. The van der Waals surface area contributed by atoms with Crippen molar-refractivity contribution in [2.45, 2.75) is 19.9 Å². The van der Waals surface area contributed by atoms with Crippen LogP contribution >= 0.6 is 0 Å². The highest BCUT2D eigenvalue weighted by molar-refractivity contribution is 5.35. The van der Waals surface area contributed by atoms with Gasteiger partial charge in [-0.05, 0) is 39.6 Å². The summed E-state index contributed by atoms with van der Waals surface area (Å²) in [6.45, 7) is 5.39. The van der Waals surface area contributed by atoms with Gasteiger partial charge in [-0.3, -0.25) is 0 Å². The summed E-state index contributed by atoms with van der Waals surface area (Å²) in [4.78, 5) is 2.09. The maximum atomic E-state index is 5.78. The molecule has 1 aromatic rings. The topological polar surface area (TPSA) is 38.5 Å². The molecule has 1 aromatic carbocycles. The zero-order chi connectivity index (χ0) is 12.1. The van der Waals surface area contributed by atoms with Crippen molar-refractivity contribution in [3.8, 4) is 5.75 Å². The lowest BCUT2D eigenvalue weighted by molar-refractivity contribution is 0.189. The number of hydrogen-bond donors (Lipinski definition) is 1. The van der Waals surface area contributed by atoms with Crippen LogP contribution in [0, 0.1) is 13.8 Å². The molecule has 0 aliphatic heterocycles. The van der Waals surface area contributed by atoms with Crippen LogP contribution < -0.4 is 10.5 Å². The molecule has 3 nitrogen and oxygen atoms in total. The van der Waals surface area contributed by atoms with Gasteiger partial charge in [0.2, 0.25) is 0 Å². The zero-order valence-electron chi connectivity index (χ0n) is 10.7. The third-order valence-electron chi connectivity index (χ3n) is 2.76. The average Bonchev–Trinajstić information content (AvgIpc) is 2.21. The number of likely N-dealkylation sites (N-methyl/N-ethyl adjacent to an activating group) is 1. The average molecular weight is 222 g/mol. The Morgan fingerprint density at radius 1 is 1.31 bits per heavy atom. The van der Waals surface area contributed by atoms with Crippen molar-refractivity contribution in [1.82, 2.24) is 4.90 Å². The standard InChI is InChI=1S/C13H22N2O/c1-10-5-6-13(11(2)7-10)16-9-12(8-14)15(3)4/h5-7,12H,8-9,14H2,1-4H3. The minimum absolute atomic E-state index is 0.265. The van der Waals surface area contributed by atoms with Crippen LogP contribution in [0.25, 0.3) is 0 Å². The fourth-order valence-electron chi connectivity index (χ4n) is 1.58. The Kier molecular flexibility index (Phi) is 4.77. The van der Waals surface area contributed by atoms with Gasteiger partial charge < -0.3 is 15.4 Å². The Balaban J connectivity index is 2.60. The van der Waals surface area contributed by atoms with Crippen molar-refractivity contribution >= 4 is 0 Å². The number of hydrogen-bond acceptors (Lipinski definition) is 3. The molecule has 0 aromatic heterocycles. The van der Waals surface area contributed by atoms with Crippen molar-refractivity contribution in [2.75, 3.05) is 27.2 Å². The molecule has 1 rings (SSSR count). The fraction of sp³-hybridized carbons (Fsp3) is 0.538. The molecule has 0 saturated carbocycles. The molecule has 90 valence electrons. The summed E-state index contributed by atoms with van der Waals surface area (Å²) in [6.07, 6.45) is 0. The third kappa shape index (κ3) is 3.51. The van der Waals surface area contributed by atoms with Gasteiger partial charge in [-0.2, -0.15) is 0 Å². The van der Waals surface area contributed by atoms with Gasteiger partial charge in [-0.25, -0.2) is 0 Å². The Hall–Kier alpha value is -1.06. The molecular weight excluding hydrogens is 200 g/mol. The lowest BCUT2D eigenvalue weighted by atomic mass is 10.1. The van der Waals surface area contributed by atoms with Crippen molar-refractivity contribution in [3.63, 3.8) is 0 Å². The summed E-state index contributed by atoms with van der Waals surface area (Å²) in [5.41, 5.74) is 8.11. The normalized spacial score (nSPS) is 12.9. The van der Waals surface area contributed by atoms with Crippen LogP contribution in [0.5, 0.6) is 5.75 Å². The molecule has 16 heavy (non-hydrogen) atoms. The number of nitrogens with two attached hydrogens (primary N) is 1. The van der Waals surface area contributed by atoms with E-state index in [1.807, 2.05) is 20.2 Å². The van der Waals surface area contributed by atoms with E-state index in [4.69, 9.17) is 10.5 Å². The van der Waals surface area contributed by atoms with Gasteiger partial charge in [0.1, 0.15) is 12.4 Å². The number of rotatable bonds is 5. The van der Waals surface area contributed by atoms with Crippen LogP contribution in [-0.4, -0.2) is 38.2 Å². The minimum atomic E-state index is 0.265. The monoisotopic (exact) mass is 222 g/mol. The second-order valence-corrected chi connectivity index (χ2v) is 4.43. The van der Waals surface area contributed by atoms with Crippen LogP contribution in [0.4, 0.5) is 0 Å². The van der Waals surface area contributed by atoms with Crippen molar-refractivity contribution in [1.29, 1.82) is 0 Å². The van der Waals surface area contributed by atoms with E-state index in [-0.39, 0.29) is 6.04 Å². The molecule has 1 atom stereocenters. The largest absolute Gasteiger partial charge is 0.492 e. The Morgan fingerprint density at radius 3 is 2.50 bits per heavy atom. The molecule has 0 spiro atoms. The molecular formula is C13H22N2O. The van der Waals surface area contributed by atoms with E-state index in [2.05, 4.69) is 30.9 Å². The van der Waals surface area contributed by atoms with Crippen molar-refractivity contribution in [3.05, 3.63) is 29.3 Å². The number of ether oxygens (including phenoxy) is 1. The molecule has 1 unspecified atom stereocenters. The van der Waals surface area contributed by atoms with Crippen LogP contribution in [-0.2, 0) is 0 Å². The van der Waals surface area contributed by atoms with Crippen molar-refractivity contribution in [2.24, 2.45) is 5.73 Å². The van der Waals surface area contributed by atoms with Gasteiger partial charge in [0.15, 0.2) is 0 Å². The molecule has 0 aliphatic rings. The Labute approximate surface area is 98.2 Å². The lowest BCUT2D eigenvalue weighted by Crippen LogP contribution is -2.39. The second-order valence-electron chi connectivity index (χ2n) is 4.43. The van der Waals surface area contributed by atoms with E-state index in [0.717, 1.165) is 5.75 Å². The van der Waals surface area contributed by atoms with E-state index >= 15 is 0 Å². The summed E-state index contributed by atoms with van der Waals surface area (Å²) in [5.74, 6) is 0.950. The summed E-state index contributed by atoms with van der Waals surface area (Å²) in [7, 11) is 4.03. The van der Waals surface area contributed by atoms with Gasteiger partial charge in [-0.1, -0.05) is 17.7 Å². The van der Waals surface area contributed by atoms with E-state index in [1.165, 1.54) is 11.1 Å². The molecule has 0 saturated heterocycles. The molecule has 0 heterocycles. The number of benzene rings is 1. The summed E-state index contributed by atoms with van der Waals surface area (Å²) in [5, 5.41) is 0. The highest BCUT2D eigenvalue weighted by atomic mass is 16.5. The molecule has 0 bridgehead atoms. The molecule has 0 fully saturated rings. The molecule has 2 N–H and O–H groups in total. The van der Waals surface area contributed by atoms with Gasteiger partial charge in [0.25, 0.3) is 0 Å². The van der Waals surface area contributed by atoms with E-state index < -0.39 is 0 Å². The maximum absolute atomic E-state index is 5.78. The quantitative estimate of drug-likeness (QED) is 0.822. The summed E-state index contributed by atoms with van der Waals surface area (Å²) < 4.78 is 5.78. The lowest BCUT2D eigenvalue weighted by Gasteiger charge is -2.23. The molecule has 0 aliphatic carbocycles. The second kappa shape index (κ2) is 5.87.